The van der Waals surface area contributed by atoms with Gasteiger partial charge in [-0.25, -0.2) is 0 Å². The number of nitrogens with one attached hydrogen (secondary N) is 1. The van der Waals surface area contributed by atoms with Gasteiger partial charge in [-0.1, -0.05) is 23.2 Å². The lowest BCUT2D eigenvalue weighted by Gasteiger charge is -2.26. The Kier molecular flexibility index (Phi) is 2.45. The fraction of sp³-hybridized carbons (Fsp3) is 0.300. The highest BCUT2D eigenvalue weighted by Crippen LogP contribution is 2.41. The SMILES string of the molecule is O=C(O)CN1Cc2c(ccc(Cl)c2Cl)N2NC12. The van der Waals surface area contributed by atoms with Gasteiger partial charge in [-0.05, 0) is 12.1 Å². The molecule has 17 heavy (non-hydrogen) atoms. The molecule has 2 aliphatic heterocycles. The molecule has 0 bridgehead atoms. The van der Waals surface area contributed by atoms with Crippen molar-refractivity contribution in [1.82, 2.24) is 10.3 Å². The van der Waals surface area contributed by atoms with Gasteiger partial charge in [-0.2, -0.15) is 5.43 Å². The summed E-state index contributed by atoms with van der Waals surface area (Å²) in [5.41, 5.74) is 4.91. The number of carboxylic acid groups (broad SMARTS) is 1. The highest BCUT2D eigenvalue weighted by molar-refractivity contribution is 6.42. The van der Waals surface area contributed by atoms with Crippen LogP contribution in [0, 0.1) is 0 Å². The normalized spacial score (nSPS) is 22.0. The molecule has 1 aromatic rings. The summed E-state index contributed by atoms with van der Waals surface area (Å²) in [5.74, 6) is -0.861. The molecule has 2 aliphatic rings. The van der Waals surface area contributed by atoms with E-state index in [1.54, 1.807) is 11.0 Å². The molecule has 90 valence electrons. The van der Waals surface area contributed by atoms with Gasteiger partial charge >= 0.3 is 5.97 Å². The number of halogens is 2. The van der Waals surface area contributed by atoms with Crippen LogP contribution in [0.1, 0.15) is 5.56 Å². The van der Waals surface area contributed by atoms with E-state index in [1.165, 1.54) is 0 Å². The number of benzene rings is 1. The zero-order valence-electron chi connectivity index (χ0n) is 8.65. The van der Waals surface area contributed by atoms with Gasteiger partial charge in [0.05, 0.1) is 22.3 Å². The van der Waals surface area contributed by atoms with E-state index in [2.05, 4.69) is 5.43 Å². The Labute approximate surface area is 107 Å². The highest BCUT2D eigenvalue weighted by Gasteiger charge is 2.45. The topological polar surface area (TPSA) is 65.5 Å². The van der Waals surface area contributed by atoms with Crippen molar-refractivity contribution in [1.29, 1.82) is 0 Å². The van der Waals surface area contributed by atoms with E-state index < -0.39 is 5.97 Å². The zero-order valence-corrected chi connectivity index (χ0v) is 10.2. The van der Waals surface area contributed by atoms with E-state index in [4.69, 9.17) is 28.3 Å². The molecule has 3 rings (SSSR count). The van der Waals surface area contributed by atoms with E-state index in [0.29, 0.717) is 16.6 Å². The summed E-state index contributed by atoms with van der Waals surface area (Å²) in [4.78, 5) is 12.5. The fourth-order valence-electron chi connectivity index (χ4n) is 2.10. The quantitative estimate of drug-likeness (QED) is 0.800. The number of anilines is 1. The number of hydrogen-bond donors (Lipinski definition) is 2. The summed E-state index contributed by atoms with van der Waals surface area (Å²) in [5, 5.41) is 11.7. The summed E-state index contributed by atoms with van der Waals surface area (Å²) < 4.78 is 0. The van der Waals surface area contributed by atoms with Crippen molar-refractivity contribution in [2.45, 2.75) is 12.8 Å². The lowest BCUT2D eigenvalue weighted by atomic mass is 10.1. The van der Waals surface area contributed by atoms with Crippen LogP contribution in [0.4, 0.5) is 5.69 Å². The number of nitrogens with zero attached hydrogens (tertiary/aromatic N) is 2. The summed E-state index contributed by atoms with van der Waals surface area (Å²) in [7, 11) is 0. The summed E-state index contributed by atoms with van der Waals surface area (Å²) in [6.45, 7) is 0.450. The molecule has 2 N–H and O–H groups in total. The first-order chi connectivity index (χ1) is 8.08. The Morgan fingerprint density at radius 1 is 1.53 bits per heavy atom. The van der Waals surface area contributed by atoms with Crippen molar-refractivity contribution in [2.24, 2.45) is 0 Å². The molecule has 5 nitrogen and oxygen atoms in total. The maximum Gasteiger partial charge on any atom is 0.317 e. The van der Waals surface area contributed by atoms with Gasteiger partial charge in [0.2, 0.25) is 0 Å². The molecule has 7 heteroatoms. The largest absolute Gasteiger partial charge is 0.480 e. The van der Waals surface area contributed by atoms with Crippen molar-refractivity contribution in [3.05, 3.63) is 27.7 Å². The minimum atomic E-state index is -0.861. The summed E-state index contributed by atoms with van der Waals surface area (Å²) in [6, 6.07) is 3.63. The van der Waals surface area contributed by atoms with E-state index in [9.17, 15) is 4.79 Å². The van der Waals surface area contributed by atoms with Crippen LogP contribution in [0.15, 0.2) is 12.1 Å². The van der Waals surface area contributed by atoms with Gasteiger partial charge in [0, 0.05) is 12.1 Å². The van der Waals surface area contributed by atoms with Gasteiger partial charge < -0.3 is 5.11 Å². The molecule has 0 aliphatic carbocycles. The molecule has 1 aromatic carbocycles. The average Bonchev–Trinajstić information content (AvgIpc) is 3.03. The van der Waals surface area contributed by atoms with Gasteiger partial charge in [0.1, 0.15) is 0 Å². The van der Waals surface area contributed by atoms with E-state index in [-0.39, 0.29) is 12.8 Å². The van der Waals surface area contributed by atoms with Crippen molar-refractivity contribution in [3.8, 4) is 0 Å². The van der Waals surface area contributed by atoms with E-state index in [1.807, 2.05) is 11.1 Å². The molecular formula is C10H9Cl2N3O2. The molecule has 0 aromatic heterocycles. The molecular weight excluding hydrogens is 265 g/mol. The lowest BCUT2D eigenvalue weighted by Crippen LogP contribution is -2.37. The Morgan fingerprint density at radius 2 is 2.29 bits per heavy atom. The molecule has 1 saturated heterocycles. The number of fused-ring (bicyclic) bond motifs is 3. The first kappa shape index (κ1) is 11.1. The molecule has 1 unspecified atom stereocenters. The number of carboxylic acids is 1. The maximum atomic E-state index is 10.7. The molecule has 1 atom stereocenters. The van der Waals surface area contributed by atoms with Gasteiger partial charge in [-0.15, -0.1) is 0 Å². The molecule has 0 radical (unpaired) electrons. The highest BCUT2D eigenvalue weighted by atomic mass is 35.5. The molecule has 2 heterocycles. The Hall–Kier alpha value is -1.01. The Morgan fingerprint density at radius 3 is 3.00 bits per heavy atom. The number of hydrazine groups is 1. The van der Waals surface area contributed by atoms with Gasteiger partial charge in [-0.3, -0.25) is 14.7 Å². The molecule has 0 spiro atoms. The van der Waals surface area contributed by atoms with E-state index in [0.717, 1.165) is 11.3 Å². The van der Waals surface area contributed by atoms with Crippen LogP contribution >= 0.6 is 23.2 Å². The van der Waals surface area contributed by atoms with Crippen LogP contribution in [0.25, 0.3) is 0 Å². The monoisotopic (exact) mass is 273 g/mol. The van der Waals surface area contributed by atoms with Crippen LogP contribution in [0.2, 0.25) is 10.0 Å². The second kappa shape index (κ2) is 3.74. The third-order valence-electron chi connectivity index (χ3n) is 2.91. The minimum absolute atomic E-state index is 0.0313. The van der Waals surface area contributed by atoms with Crippen LogP contribution in [0.3, 0.4) is 0 Å². The van der Waals surface area contributed by atoms with Gasteiger partial charge in [0.15, 0.2) is 6.29 Å². The Bertz CT molecular complexity index is 509. The van der Waals surface area contributed by atoms with Gasteiger partial charge in [0.25, 0.3) is 0 Å². The number of hydrogen-bond acceptors (Lipinski definition) is 4. The van der Waals surface area contributed by atoms with Crippen molar-refractivity contribution in [3.63, 3.8) is 0 Å². The van der Waals surface area contributed by atoms with Crippen LogP contribution in [0.5, 0.6) is 0 Å². The second-order valence-corrected chi connectivity index (χ2v) is 4.82. The van der Waals surface area contributed by atoms with Crippen LogP contribution < -0.4 is 10.4 Å². The average molecular weight is 274 g/mol. The van der Waals surface area contributed by atoms with E-state index >= 15 is 0 Å². The first-order valence-corrected chi connectivity index (χ1v) is 5.81. The predicted molar refractivity (Wildman–Crippen MR) is 63.9 cm³/mol. The van der Waals surface area contributed by atoms with Crippen LogP contribution in [-0.2, 0) is 11.3 Å². The first-order valence-electron chi connectivity index (χ1n) is 5.06. The zero-order chi connectivity index (χ0) is 12.2. The number of rotatable bonds is 2. The standard InChI is InChI=1S/C10H9Cl2N3O2/c11-6-1-2-7-5(9(6)12)3-14(4-8(16)17)10-13-15(7)10/h1-2,10,13H,3-4H2,(H,16,17). The minimum Gasteiger partial charge on any atom is -0.480 e. The van der Waals surface area contributed by atoms with Crippen molar-refractivity contribution in [2.75, 3.05) is 11.6 Å². The second-order valence-electron chi connectivity index (χ2n) is 4.03. The number of aliphatic carboxylic acids is 1. The van der Waals surface area contributed by atoms with Crippen molar-refractivity contribution >= 4 is 34.9 Å². The molecule has 1 fully saturated rings. The smallest absolute Gasteiger partial charge is 0.317 e. The fourth-order valence-corrected chi connectivity index (χ4v) is 2.50. The third-order valence-corrected chi connectivity index (χ3v) is 3.75. The lowest BCUT2D eigenvalue weighted by molar-refractivity contribution is -0.138. The molecule has 0 saturated carbocycles. The summed E-state index contributed by atoms with van der Waals surface area (Å²) >= 11 is 12.1. The predicted octanol–water partition coefficient (Wildman–Crippen LogP) is 1.50. The maximum absolute atomic E-state index is 10.7. The van der Waals surface area contributed by atoms with Crippen molar-refractivity contribution < 1.29 is 9.90 Å². The number of carbonyl (C=O) groups is 1. The Balaban J connectivity index is 1.97. The summed E-state index contributed by atoms with van der Waals surface area (Å²) in [6.07, 6.45) is -0.0455. The van der Waals surface area contributed by atoms with Crippen LogP contribution in [-0.4, -0.2) is 28.8 Å². The molecule has 0 amide bonds. The third kappa shape index (κ3) is 1.75.